The fourth-order valence-electron chi connectivity index (χ4n) is 4.13. The van der Waals surface area contributed by atoms with E-state index in [-0.39, 0.29) is 12.0 Å². The quantitative estimate of drug-likeness (QED) is 0.578. The van der Waals surface area contributed by atoms with Crippen molar-refractivity contribution >= 4 is 11.8 Å². The molecular formula is C24H29N3O2. The van der Waals surface area contributed by atoms with Crippen LogP contribution in [0.2, 0.25) is 0 Å². The average Bonchev–Trinajstić information content (AvgIpc) is 3.18. The molecule has 2 aliphatic rings. The Balaban J connectivity index is 1.27. The van der Waals surface area contributed by atoms with Crippen LogP contribution in [0.3, 0.4) is 0 Å². The van der Waals surface area contributed by atoms with Gasteiger partial charge in [0, 0.05) is 12.1 Å². The summed E-state index contributed by atoms with van der Waals surface area (Å²) in [5.41, 5.74) is 3.46. The van der Waals surface area contributed by atoms with Crippen LogP contribution in [-0.2, 0) is 16.1 Å². The van der Waals surface area contributed by atoms with E-state index in [0.717, 1.165) is 56.8 Å². The number of carbonyl (C=O) groups excluding carboxylic acids is 1. The number of amidine groups is 1. The Kier molecular flexibility index (Phi) is 6.57. The third-order valence-electron chi connectivity index (χ3n) is 5.63. The Labute approximate surface area is 172 Å². The van der Waals surface area contributed by atoms with Crippen LogP contribution >= 0.6 is 0 Å². The second-order valence-electron chi connectivity index (χ2n) is 7.68. The molecule has 1 fully saturated rings. The second kappa shape index (κ2) is 9.70. The van der Waals surface area contributed by atoms with E-state index >= 15 is 0 Å². The Morgan fingerprint density at radius 3 is 2.62 bits per heavy atom. The maximum atomic E-state index is 12.9. The Hall–Kier alpha value is -2.66. The Bertz CT molecular complexity index is 844. The molecule has 2 aromatic carbocycles. The molecule has 152 valence electrons. The molecule has 0 aromatic heterocycles. The maximum absolute atomic E-state index is 12.9. The zero-order chi connectivity index (χ0) is 19.9. The first-order valence-corrected chi connectivity index (χ1v) is 10.6. The van der Waals surface area contributed by atoms with E-state index < -0.39 is 0 Å². The predicted molar refractivity (Wildman–Crippen MR) is 115 cm³/mol. The highest BCUT2D eigenvalue weighted by molar-refractivity contribution is 6.01. The molecule has 0 amide bonds. The number of benzene rings is 2. The summed E-state index contributed by atoms with van der Waals surface area (Å²) in [7, 11) is 0. The average molecular weight is 392 g/mol. The highest BCUT2D eigenvalue weighted by Crippen LogP contribution is 2.26. The van der Waals surface area contributed by atoms with Crippen molar-refractivity contribution in [3.63, 3.8) is 0 Å². The number of hydrogen-bond acceptors (Lipinski definition) is 5. The molecule has 1 unspecified atom stereocenters. The van der Waals surface area contributed by atoms with E-state index in [1.54, 1.807) is 0 Å². The van der Waals surface area contributed by atoms with Gasteiger partial charge in [-0.05, 0) is 43.5 Å². The minimum atomic E-state index is -0.296. The number of carbonyl (C=O) groups is 1. The summed E-state index contributed by atoms with van der Waals surface area (Å²) in [6, 6.07) is 18.0. The summed E-state index contributed by atoms with van der Waals surface area (Å²) >= 11 is 0. The monoisotopic (exact) mass is 391 g/mol. The predicted octanol–water partition coefficient (Wildman–Crippen LogP) is 3.70. The van der Waals surface area contributed by atoms with Crippen LogP contribution < -0.4 is 5.32 Å². The minimum absolute atomic E-state index is 0.137. The minimum Gasteiger partial charge on any atom is -0.464 e. The van der Waals surface area contributed by atoms with Crippen LogP contribution in [0.5, 0.6) is 0 Å². The van der Waals surface area contributed by atoms with Gasteiger partial charge in [0.15, 0.2) is 0 Å². The number of esters is 1. The van der Waals surface area contributed by atoms with Crippen LogP contribution in [0.15, 0.2) is 59.6 Å². The Morgan fingerprint density at radius 2 is 1.79 bits per heavy atom. The standard InChI is InChI=1S/C24H29N3O2/c28-24(22(19-10-3-1-4-11-19)27-15-7-2-8-16-27)29-17-9-14-25-23-21-13-6-5-12-20(21)18-26-23/h1,3-6,10-13,22H,2,7-9,14-18H2,(H,25,26). The first-order valence-electron chi connectivity index (χ1n) is 10.6. The molecule has 5 nitrogen and oxygen atoms in total. The van der Waals surface area contributed by atoms with E-state index in [2.05, 4.69) is 27.3 Å². The fourth-order valence-corrected chi connectivity index (χ4v) is 4.13. The van der Waals surface area contributed by atoms with Gasteiger partial charge in [0.2, 0.25) is 0 Å². The van der Waals surface area contributed by atoms with Crippen molar-refractivity contribution in [1.82, 2.24) is 10.2 Å². The lowest BCUT2D eigenvalue weighted by Gasteiger charge is -2.33. The van der Waals surface area contributed by atoms with E-state index in [1.165, 1.54) is 17.5 Å². The van der Waals surface area contributed by atoms with Crippen LogP contribution in [0.1, 0.15) is 48.4 Å². The molecule has 0 radical (unpaired) electrons. The van der Waals surface area contributed by atoms with Gasteiger partial charge in [0.05, 0.1) is 13.2 Å². The normalized spacial score (nSPS) is 17.3. The third kappa shape index (κ3) is 4.85. The molecule has 1 atom stereocenters. The van der Waals surface area contributed by atoms with Gasteiger partial charge in [-0.15, -0.1) is 0 Å². The molecule has 29 heavy (non-hydrogen) atoms. The van der Waals surface area contributed by atoms with Crippen molar-refractivity contribution in [2.45, 2.75) is 38.3 Å². The number of aliphatic imine (C=N–C) groups is 1. The smallest absolute Gasteiger partial charge is 0.328 e. The number of fused-ring (bicyclic) bond motifs is 1. The van der Waals surface area contributed by atoms with Gasteiger partial charge in [-0.2, -0.15) is 0 Å². The second-order valence-corrected chi connectivity index (χ2v) is 7.68. The fraction of sp³-hybridized carbons (Fsp3) is 0.417. The number of nitrogens with one attached hydrogen (secondary N) is 1. The van der Waals surface area contributed by atoms with Crippen LogP contribution in [0, 0.1) is 0 Å². The summed E-state index contributed by atoms with van der Waals surface area (Å²) in [6.45, 7) is 3.80. The largest absolute Gasteiger partial charge is 0.464 e. The molecule has 0 saturated carbocycles. The van der Waals surface area contributed by atoms with Gasteiger partial charge in [0.25, 0.3) is 0 Å². The first kappa shape index (κ1) is 19.6. The highest BCUT2D eigenvalue weighted by atomic mass is 16.5. The highest BCUT2D eigenvalue weighted by Gasteiger charge is 2.29. The zero-order valence-electron chi connectivity index (χ0n) is 16.8. The van der Waals surface area contributed by atoms with Gasteiger partial charge in [-0.1, -0.05) is 61.0 Å². The van der Waals surface area contributed by atoms with Gasteiger partial charge in [-0.3, -0.25) is 9.89 Å². The third-order valence-corrected chi connectivity index (χ3v) is 5.63. The summed E-state index contributed by atoms with van der Waals surface area (Å²) < 4.78 is 5.69. The number of nitrogens with zero attached hydrogens (tertiary/aromatic N) is 2. The number of piperidine rings is 1. The summed E-state index contributed by atoms with van der Waals surface area (Å²) in [5.74, 6) is 0.809. The molecule has 0 spiro atoms. The number of hydrogen-bond donors (Lipinski definition) is 1. The van der Waals surface area contributed by atoms with Crippen molar-refractivity contribution in [3.8, 4) is 0 Å². The summed E-state index contributed by atoms with van der Waals surface area (Å²) in [4.78, 5) is 19.7. The lowest BCUT2D eigenvalue weighted by Crippen LogP contribution is -2.39. The number of likely N-dealkylation sites (tertiary alicyclic amines) is 1. The lowest BCUT2D eigenvalue weighted by molar-refractivity contribution is -0.151. The molecule has 5 heteroatoms. The Morgan fingerprint density at radius 1 is 1.03 bits per heavy atom. The zero-order valence-corrected chi connectivity index (χ0v) is 16.8. The molecule has 0 bridgehead atoms. The van der Waals surface area contributed by atoms with Gasteiger partial charge in [-0.25, -0.2) is 4.79 Å². The molecule has 1 N–H and O–H groups in total. The van der Waals surface area contributed by atoms with Crippen molar-refractivity contribution in [2.24, 2.45) is 4.99 Å². The van der Waals surface area contributed by atoms with E-state index in [1.807, 2.05) is 42.5 Å². The summed E-state index contributed by atoms with van der Waals surface area (Å²) in [6.07, 6.45) is 4.29. The van der Waals surface area contributed by atoms with Crippen LogP contribution in [-0.4, -0.2) is 42.9 Å². The molecule has 2 heterocycles. The van der Waals surface area contributed by atoms with Gasteiger partial charge in [0.1, 0.15) is 11.9 Å². The van der Waals surface area contributed by atoms with Gasteiger partial charge >= 0.3 is 5.97 Å². The van der Waals surface area contributed by atoms with E-state index in [0.29, 0.717) is 6.61 Å². The molecule has 4 rings (SSSR count). The molecule has 0 aliphatic carbocycles. The number of ether oxygens (including phenoxy) is 1. The maximum Gasteiger partial charge on any atom is 0.328 e. The summed E-state index contributed by atoms with van der Waals surface area (Å²) in [5, 5.41) is 3.38. The van der Waals surface area contributed by atoms with Crippen molar-refractivity contribution in [3.05, 3.63) is 71.3 Å². The topological polar surface area (TPSA) is 53.9 Å². The molecule has 2 aliphatic heterocycles. The van der Waals surface area contributed by atoms with E-state index in [9.17, 15) is 4.79 Å². The number of rotatable bonds is 7. The SMILES string of the molecule is O=C(OCCCNC1=NCc2ccccc21)C(c1ccccc1)N1CCCCC1. The van der Waals surface area contributed by atoms with Crippen molar-refractivity contribution in [1.29, 1.82) is 0 Å². The van der Waals surface area contributed by atoms with Crippen molar-refractivity contribution < 1.29 is 9.53 Å². The van der Waals surface area contributed by atoms with E-state index in [4.69, 9.17) is 4.74 Å². The molecule has 2 aromatic rings. The van der Waals surface area contributed by atoms with Crippen LogP contribution in [0.25, 0.3) is 0 Å². The lowest BCUT2D eigenvalue weighted by atomic mass is 10.0. The molecular weight excluding hydrogens is 362 g/mol. The van der Waals surface area contributed by atoms with Crippen LogP contribution in [0.4, 0.5) is 0 Å². The first-order chi connectivity index (χ1) is 14.3. The molecule has 1 saturated heterocycles. The van der Waals surface area contributed by atoms with Crippen molar-refractivity contribution in [2.75, 3.05) is 26.2 Å². The van der Waals surface area contributed by atoms with Gasteiger partial charge < -0.3 is 10.1 Å².